The number of primary sulfonamides is 1. The predicted octanol–water partition coefficient (Wildman–Crippen LogP) is -0.569. The fourth-order valence-corrected chi connectivity index (χ4v) is 2.19. The van der Waals surface area contributed by atoms with Crippen LogP contribution in [0, 0.1) is 0 Å². The molecule has 0 aromatic heterocycles. The molecule has 0 saturated carbocycles. The normalized spacial score (nSPS) is 11.1. The Labute approximate surface area is 104 Å². The summed E-state index contributed by atoms with van der Waals surface area (Å²) in [7, 11) is -1.26. The molecule has 1 rings (SSSR count). The lowest BCUT2D eigenvalue weighted by Crippen LogP contribution is -2.27. The van der Waals surface area contributed by atoms with Crippen molar-refractivity contribution in [3.8, 4) is 0 Å². The maximum Gasteiger partial charge on any atom is 0.256 e. The van der Waals surface area contributed by atoms with Gasteiger partial charge in [-0.15, -0.1) is 0 Å². The van der Waals surface area contributed by atoms with Crippen LogP contribution in [0.3, 0.4) is 0 Å². The summed E-state index contributed by atoms with van der Waals surface area (Å²) in [5.74, 6) is -0.603. The Kier molecular flexibility index (Phi) is 3.73. The van der Waals surface area contributed by atoms with Gasteiger partial charge in [0, 0.05) is 25.3 Å². The Morgan fingerprint density at radius 1 is 1.33 bits per heavy atom. The molecule has 0 unspecified atom stereocenters. The molecule has 1 amide bonds. The Balaban J connectivity index is 3.69. The monoisotopic (exact) mass is 271 g/mol. The molecule has 0 aliphatic rings. The van der Waals surface area contributed by atoms with E-state index >= 15 is 0 Å². The van der Waals surface area contributed by atoms with Crippen LogP contribution >= 0.6 is 0 Å². The minimum absolute atomic E-state index is 0.0341. The van der Waals surface area contributed by atoms with E-state index in [4.69, 9.17) is 10.9 Å². The van der Waals surface area contributed by atoms with Gasteiger partial charge in [0.05, 0.1) is 10.5 Å². The SMILES string of the molecule is CN(C)C(=O)c1c(N)cc(C=O)cc1S(N)(=O)=O. The molecule has 0 bridgehead atoms. The van der Waals surface area contributed by atoms with Crippen LogP contribution in [0.4, 0.5) is 5.69 Å². The van der Waals surface area contributed by atoms with Crippen LogP contribution in [-0.2, 0) is 10.0 Å². The van der Waals surface area contributed by atoms with Gasteiger partial charge in [-0.2, -0.15) is 0 Å². The lowest BCUT2D eigenvalue weighted by atomic mass is 10.1. The van der Waals surface area contributed by atoms with Crippen molar-refractivity contribution in [1.29, 1.82) is 0 Å². The first-order valence-corrected chi connectivity index (χ1v) is 6.36. The fraction of sp³-hybridized carbons (Fsp3) is 0.200. The Bertz CT molecular complexity index is 608. The van der Waals surface area contributed by atoms with E-state index in [1.54, 1.807) is 0 Å². The average Bonchev–Trinajstić information content (AvgIpc) is 2.25. The molecule has 7 nitrogen and oxygen atoms in total. The van der Waals surface area contributed by atoms with Crippen LogP contribution in [0.5, 0.6) is 0 Å². The van der Waals surface area contributed by atoms with E-state index in [1.165, 1.54) is 25.1 Å². The average molecular weight is 271 g/mol. The number of rotatable bonds is 3. The number of aldehydes is 1. The van der Waals surface area contributed by atoms with Gasteiger partial charge in [0.15, 0.2) is 0 Å². The third-order valence-electron chi connectivity index (χ3n) is 2.22. The summed E-state index contributed by atoms with van der Waals surface area (Å²) in [5, 5.41) is 5.02. The standard InChI is InChI=1S/C10H13N3O4S/c1-13(2)10(15)9-7(11)3-6(5-14)4-8(9)18(12,16)17/h3-5H,11H2,1-2H3,(H2,12,16,17). The largest absolute Gasteiger partial charge is 0.398 e. The number of hydrogen-bond donors (Lipinski definition) is 2. The first-order chi connectivity index (χ1) is 8.18. The van der Waals surface area contributed by atoms with Gasteiger partial charge in [-0.3, -0.25) is 9.59 Å². The number of nitrogen functional groups attached to an aromatic ring is 1. The van der Waals surface area contributed by atoms with Crippen molar-refractivity contribution in [2.45, 2.75) is 4.90 Å². The molecule has 1 aromatic rings. The molecule has 0 radical (unpaired) electrons. The molecule has 4 N–H and O–H groups in total. The predicted molar refractivity (Wildman–Crippen MR) is 65.6 cm³/mol. The van der Waals surface area contributed by atoms with Crippen LogP contribution < -0.4 is 10.9 Å². The topological polar surface area (TPSA) is 124 Å². The molecule has 0 aliphatic heterocycles. The molecule has 98 valence electrons. The highest BCUT2D eigenvalue weighted by Crippen LogP contribution is 2.24. The lowest BCUT2D eigenvalue weighted by molar-refractivity contribution is 0.0824. The molecule has 0 heterocycles. The summed E-state index contributed by atoms with van der Waals surface area (Å²) in [4.78, 5) is 23.2. The number of benzene rings is 1. The zero-order valence-corrected chi connectivity index (χ0v) is 10.7. The summed E-state index contributed by atoms with van der Waals surface area (Å²) in [6.07, 6.45) is 0.426. The van der Waals surface area contributed by atoms with Crippen molar-refractivity contribution in [2.75, 3.05) is 19.8 Å². The first kappa shape index (κ1) is 14.1. The molecule has 8 heteroatoms. The molecule has 1 aromatic carbocycles. The quantitative estimate of drug-likeness (QED) is 0.563. The van der Waals surface area contributed by atoms with Gasteiger partial charge >= 0.3 is 0 Å². The molecule has 0 atom stereocenters. The number of nitrogens with zero attached hydrogens (tertiary/aromatic N) is 1. The summed E-state index contributed by atoms with van der Waals surface area (Å²) >= 11 is 0. The number of carbonyl (C=O) groups is 2. The number of anilines is 1. The van der Waals surface area contributed by atoms with E-state index in [0.717, 1.165) is 6.07 Å². The Morgan fingerprint density at radius 3 is 2.28 bits per heavy atom. The van der Waals surface area contributed by atoms with Crippen molar-refractivity contribution >= 4 is 27.9 Å². The maximum atomic E-state index is 11.9. The summed E-state index contributed by atoms with van der Waals surface area (Å²) < 4.78 is 22.9. The summed E-state index contributed by atoms with van der Waals surface area (Å²) in [6.45, 7) is 0. The van der Waals surface area contributed by atoms with E-state index in [-0.39, 0.29) is 16.8 Å². The second-order valence-corrected chi connectivity index (χ2v) is 5.38. The van der Waals surface area contributed by atoms with E-state index < -0.39 is 20.8 Å². The van der Waals surface area contributed by atoms with Gasteiger partial charge < -0.3 is 10.6 Å². The Morgan fingerprint density at radius 2 is 1.89 bits per heavy atom. The van der Waals surface area contributed by atoms with Crippen LogP contribution in [0.15, 0.2) is 17.0 Å². The molecular weight excluding hydrogens is 258 g/mol. The van der Waals surface area contributed by atoms with Crippen molar-refractivity contribution in [1.82, 2.24) is 4.90 Å². The van der Waals surface area contributed by atoms with Gasteiger partial charge in [0.25, 0.3) is 5.91 Å². The highest BCUT2D eigenvalue weighted by molar-refractivity contribution is 7.89. The zero-order chi connectivity index (χ0) is 14.1. The van der Waals surface area contributed by atoms with Crippen LogP contribution in [-0.4, -0.2) is 39.6 Å². The zero-order valence-electron chi connectivity index (χ0n) is 9.88. The number of sulfonamides is 1. The second-order valence-electron chi connectivity index (χ2n) is 3.85. The van der Waals surface area contributed by atoms with E-state index in [1.807, 2.05) is 0 Å². The van der Waals surface area contributed by atoms with Crippen molar-refractivity contribution in [3.63, 3.8) is 0 Å². The summed E-state index contributed by atoms with van der Waals surface area (Å²) in [6, 6.07) is 2.24. The fourth-order valence-electron chi connectivity index (χ4n) is 1.40. The van der Waals surface area contributed by atoms with Crippen LogP contribution in [0.2, 0.25) is 0 Å². The number of amides is 1. The summed E-state index contributed by atoms with van der Waals surface area (Å²) in [5.41, 5.74) is 5.30. The van der Waals surface area contributed by atoms with Gasteiger partial charge in [0.1, 0.15) is 6.29 Å². The third-order valence-corrected chi connectivity index (χ3v) is 3.15. The lowest BCUT2D eigenvalue weighted by Gasteiger charge is -2.15. The molecular formula is C10H13N3O4S. The highest BCUT2D eigenvalue weighted by atomic mass is 32.2. The number of carbonyl (C=O) groups excluding carboxylic acids is 2. The van der Waals surface area contributed by atoms with E-state index in [9.17, 15) is 18.0 Å². The second kappa shape index (κ2) is 4.75. The molecule has 0 aliphatic carbocycles. The minimum Gasteiger partial charge on any atom is -0.398 e. The Hall–Kier alpha value is -1.93. The van der Waals surface area contributed by atoms with E-state index in [0.29, 0.717) is 6.29 Å². The van der Waals surface area contributed by atoms with Crippen molar-refractivity contribution in [3.05, 3.63) is 23.3 Å². The highest BCUT2D eigenvalue weighted by Gasteiger charge is 2.24. The molecule has 18 heavy (non-hydrogen) atoms. The first-order valence-electron chi connectivity index (χ1n) is 4.81. The van der Waals surface area contributed by atoms with E-state index in [2.05, 4.69) is 0 Å². The molecule has 0 spiro atoms. The van der Waals surface area contributed by atoms with Crippen LogP contribution in [0.25, 0.3) is 0 Å². The van der Waals surface area contributed by atoms with Gasteiger partial charge in [-0.05, 0) is 12.1 Å². The maximum absolute atomic E-state index is 11.9. The minimum atomic E-state index is -4.15. The van der Waals surface area contributed by atoms with Gasteiger partial charge in [-0.1, -0.05) is 0 Å². The molecule has 0 fully saturated rings. The van der Waals surface area contributed by atoms with Crippen molar-refractivity contribution in [2.24, 2.45) is 5.14 Å². The molecule has 0 saturated heterocycles. The number of nitrogens with two attached hydrogens (primary N) is 2. The number of hydrogen-bond acceptors (Lipinski definition) is 5. The third kappa shape index (κ3) is 2.66. The van der Waals surface area contributed by atoms with Crippen LogP contribution in [0.1, 0.15) is 20.7 Å². The van der Waals surface area contributed by atoms with Crippen molar-refractivity contribution < 1.29 is 18.0 Å². The van der Waals surface area contributed by atoms with Gasteiger partial charge in [0.2, 0.25) is 10.0 Å². The van der Waals surface area contributed by atoms with Gasteiger partial charge in [-0.25, -0.2) is 13.6 Å². The smallest absolute Gasteiger partial charge is 0.256 e.